The number of carbonyl (C=O) groups is 1. The molecule has 2 saturated carbocycles. The van der Waals surface area contributed by atoms with Gasteiger partial charge in [0, 0.05) is 29.7 Å². The Hall–Kier alpha value is -1.35. The second-order valence-electron chi connectivity index (χ2n) is 10.0. The second kappa shape index (κ2) is 7.48. The first-order valence-electron chi connectivity index (χ1n) is 11.8. The van der Waals surface area contributed by atoms with Gasteiger partial charge in [0.25, 0.3) is 0 Å². The average molecular weight is 381 g/mol. The maximum absolute atomic E-state index is 13.2. The summed E-state index contributed by atoms with van der Waals surface area (Å²) in [7, 11) is 0. The molecule has 0 aromatic heterocycles. The zero-order valence-corrected chi connectivity index (χ0v) is 17.5. The minimum absolute atomic E-state index is 0.0258. The summed E-state index contributed by atoms with van der Waals surface area (Å²) in [6, 6.07) is 10.7. The number of anilines is 1. The van der Waals surface area contributed by atoms with Crippen molar-refractivity contribution in [2.45, 2.75) is 95.6 Å². The van der Waals surface area contributed by atoms with Gasteiger partial charge in [-0.05, 0) is 94.9 Å². The normalized spacial score (nSPS) is 33.2. The summed E-state index contributed by atoms with van der Waals surface area (Å²) in [5.41, 5.74) is 2.59. The Balaban J connectivity index is 1.27. The lowest BCUT2D eigenvalue weighted by molar-refractivity contribution is -0.130. The summed E-state index contributed by atoms with van der Waals surface area (Å²) in [5, 5.41) is 0. The number of nitrogens with zero attached hydrogens (tertiary/aromatic N) is 2. The smallest absolute Gasteiger partial charge is 0.233 e. The highest BCUT2D eigenvalue weighted by Crippen LogP contribution is 2.47. The number of hydrogen-bond donors (Lipinski definition) is 0. The first-order valence-corrected chi connectivity index (χ1v) is 11.8. The number of piperidine rings is 1. The number of rotatable bonds is 3. The first-order chi connectivity index (χ1) is 13.7. The highest BCUT2D eigenvalue weighted by molar-refractivity contribution is 5.98. The Kier molecular flexibility index (Phi) is 4.99. The summed E-state index contributed by atoms with van der Waals surface area (Å²) in [5.74, 6) is 1.11. The van der Waals surface area contributed by atoms with Crippen molar-refractivity contribution in [3.8, 4) is 0 Å². The summed E-state index contributed by atoms with van der Waals surface area (Å²) in [6.45, 7) is 4.61. The van der Waals surface area contributed by atoms with Crippen LogP contribution in [-0.2, 0) is 4.79 Å². The molecule has 0 radical (unpaired) electrons. The van der Waals surface area contributed by atoms with E-state index in [-0.39, 0.29) is 5.41 Å². The van der Waals surface area contributed by atoms with Crippen LogP contribution < -0.4 is 4.90 Å². The Labute approximate surface area is 170 Å². The van der Waals surface area contributed by atoms with E-state index in [9.17, 15) is 4.79 Å². The predicted octanol–water partition coefficient (Wildman–Crippen LogP) is 5.49. The molecule has 4 fully saturated rings. The fourth-order valence-electron chi connectivity index (χ4n) is 6.82. The van der Waals surface area contributed by atoms with Crippen molar-refractivity contribution in [1.29, 1.82) is 0 Å². The van der Waals surface area contributed by atoms with Crippen molar-refractivity contribution >= 4 is 11.6 Å². The van der Waals surface area contributed by atoms with Crippen molar-refractivity contribution in [2.24, 2.45) is 5.41 Å². The summed E-state index contributed by atoms with van der Waals surface area (Å²) in [4.78, 5) is 18.1. The van der Waals surface area contributed by atoms with Crippen molar-refractivity contribution in [1.82, 2.24) is 4.90 Å². The molecule has 1 aromatic rings. The van der Waals surface area contributed by atoms with E-state index in [2.05, 4.69) is 41.0 Å². The van der Waals surface area contributed by atoms with Gasteiger partial charge in [0.15, 0.2) is 0 Å². The van der Waals surface area contributed by atoms with Crippen LogP contribution >= 0.6 is 0 Å². The van der Waals surface area contributed by atoms with Crippen LogP contribution in [0.25, 0.3) is 0 Å². The number of amides is 1. The van der Waals surface area contributed by atoms with Gasteiger partial charge in [-0.15, -0.1) is 0 Å². The van der Waals surface area contributed by atoms with Crippen LogP contribution in [0.4, 0.5) is 5.69 Å². The lowest BCUT2D eigenvalue weighted by atomic mass is 9.77. The molecule has 3 unspecified atom stereocenters. The third-order valence-corrected chi connectivity index (χ3v) is 8.45. The SMILES string of the molecule is CC1CCCN1C1CCC(c2ccc(N3CCCC4(CCCC4)C3=O)cc2)C1. The molecule has 2 saturated heterocycles. The van der Waals surface area contributed by atoms with Gasteiger partial charge in [-0.1, -0.05) is 25.0 Å². The van der Waals surface area contributed by atoms with E-state index in [0.717, 1.165) is 50.0 Å². The van der Waals surface area contributed by atoms with E-state index in [1.807, 2.05) is 0 Å². The molecule has 5 rings (SSSR count). The first kappa shape index (κ1) is 18.7. The molecule has 3 atom stereocenters. The molecular formula is C25H36N2O. The molecule has 152 valence electrons. The quantitative estimate of drug-likeness (QED) is 0.692. The molecule has 2 aliphatic heterocycles. The molecule has 1 amide bonds. The van der Waals surface area contributed by atoms with Gasteiger partial charge >= 0.3 is 0 Å². The van der Waals surface area contributed by atoms with Gasteiger partial charge in [0.1, 0.15) is 0 Å². The fourth-order valence-corrected chi connectivity index (χ4v) is 6.82. The summed E-state index contributed by atoms with van der Waals surface area (Å²) >= 11 is 0. The molecular weight excluding hydrogens is 344 g/mol. The molecule has 28 heavy (non-hydrogen) atoms. The van der Waals surface area contributed by atoms with Gasteiger partial charge in [0.2, 0.25) is 5.91 Å². The van der Waals surface area contributed by atoms with Gasteiger partial charge in [-0.25, -0.2) is 0 Å². The monoisotopic (exact) mass is 380 g/mol. The largest absolute Gasteiger partial charge is 0.312 e. The van der Waals surface area contributed by atoms with Gasteiger partial charge in [0.05, 0.1) is 0 Å². The van der Waals surface area contributed by atoms with Crippen molar-refractivity contribution in [2.75, 3.05) is 18.0 Å². The van der Waals surface area contributed by atoms with E-state index >= 15 is 0 Å². The highest BCUT2D eigenvalue weighted by atomic mass is 16.2. The van der Waals surface area contributed by atoms with E-state index in [0.29, 0.717) is 11.8 Å². The van der Waals surface area contributed by atoms with Crippen molar-refractivity contribution < 1.29 is 4.79 Å². The highest BCUT2D eigenvalue weighted by Gasteiger charge is 2.45. The predicted molar refractivity (Wildman–Crippen MR) is 115 cm³/mol. The fraction of sp³-hybridized carbons (Fsp3) is 0.720. The topological polar surface area (TPSA) is 23.6 Å². The molecule has 2 aliphatic carbocycles. The minimum atomic E-state index is -0.0258. The van der Waals surface area contributed by atoms with Gasteiger partial charge in [-0.2, -0.15) is 0 Å². The molecule has 3 nitrogen and oxygen atoms in total. The van der Waals surface area contributed by atoms with Crippen LogP contribution in [0.15, 0.2) is 24.3 Å². The Morgan fingerprint density at radius 1 is 0.893 bits per heavy atom. The molecule has 0 N–H and O–H groups in total. The number of carbonyl (C=O) groups excluding carboxylic acids is 1. The van der Waals surface area contributed by atoms with Crippen LogP contribution in [0.2, 0.25) is 0 Å². The van der Waals surface area contributed by atoms with Crippen LogP contribution in [0.5, 0.6) is 0 Å². The molecule has 1 spiro atoms. The molecule has 2 heterocycles. The van der Waals surface area contributed by atoms with Crippen LogP contribution in [0.1, 0.15) is 89.0 Å². The lowest BCUT2D eigenvalue weighted by Crippen LogP contribution is -2.47. The second-order valence-corrected chi connectivity index (χ2v) is 10.0. The van der Waals surface area contributed by atoms with E-state index in [4.69, 9.17) is 0 Å². The van der Waals surface area contributed by atoms with Gasteiger partial charge in [-0.3, -0.25) is 9.69 Å². The lowest BCUT2D eigenvalue weighted by Gasteiger charge is -2.39. The Bertz CT molecular complexity index is 706. The van der Waals surface area contributed by atoms with Crippen LogP contribution in [-0.4, -0.2) is 36.0 Å². The third-order valence-electron chi connectivity index (χ3n) is 8.45. The van der Waals surface area contributed by atoms with Crippen LogP contribution in [0.3, 0.4) is 0 Å². The van der Waals surface area contributed by atoms with Crippen LogP contribution in [0, 0.1) is 5.41 Å². The number of hydrogen-bond acceptors (Lipinski definition) is 2. The zero-order valence-electron chi connectivity index (χ0n) is 17.5. The summed E-state index contributed by atoms with van der Waals surface area (Å²) < 4.78 is 0. The molecule has 0 bridgehead atoms. The maximum atomic E-state index is 13.2. The van der Waals surface area contributed by atoms with Gasteiger partial charge < -0.3 is 4.90 Å². The minimum Gasteiger partial charge on any atom is -0.312 e. The third kappa shape index (κ3) is 3.20. The number of likely N-dealkylation sites (tertiary alicyclic amines) is 1. The Morgan fingerprint density at radius 2 is 1.64 bits per heavy atom. The maximum Gasteiger partial charge on any atom is 0.233 e. The Morgan fingerprint density at radius 3 is 2.36 bits per heavy atom. The molecule has 4 aliphatic rings. The zero-order chi connectivity index (χ0) is 19.1. The standard InChI is InChI=1S/C25H36N2O/c1-19-6-4-16-26(19)23-12-9-21(18-23)20-7-10-22(11-8-20)27-17-5-15-25(24(27)28)13-2-3-14-25/h7-8,10-11,19,21,23H,2-6,9,12-18H2,1H3. The van der Waals surface area contributed by atoms with Crippen molar-refractivity contribution in [3.05, 3.63) is 29.8 Å². The van der Waals surface area contributed by atoms with Crippen molar-refractivity contribution in [3.63, 3.8) is 0 Å². The number of benzene rings is 1. The van der Waals surface area contributed by atoms with E-state index in [1.54, 1.807) is 0 Å². The molecule has 1 aromatic carbocycles. The molecule has 3 heteroatoms. The van der Waals surface area contributed by atoms with E-state index in [1.165, 1.54) is 57.1 Å². The van der Waals surface area contributed by atoms with E-state index < -0.39 is 0 Å². The average Bonchev–Trinajstić information content (AvgIpc) is 3.46. The summed E-state index contributed by atoms with van der Waals surface area (Å²) in [6.07, 6.45) is 13.7.